The van der Waals surface area contributed by atoms with Crippen molar-refractivity contribution in [3.63, 3.8) is 0 Å². The number of nitrogens with one attached hydrogen (secondary N) is 3. The smallest absolute Gasteiger partial charge is 0.444 e. The Balaban J connectivity index is 0.910. The fourth-order valence-corrected chi connectivity index (χ4v) is 11.6. The van der Waals surface area contributed by atoms with Crippen LogP contribution >= 0.6 is 0 Å². The van der Waals surface area contributed by atoms with E-state index in [0.29, 0.717) is 119 Å². The van der Waals surface area contributed by atoms with Gasteiger partial charge in [0.1, 0.15) is 22.9 Å². The minimum atomic E-state index is -3.79. The molecule has 0 radical (unpaired) electrons. The number of sulfonamides is 1. The average molecular weight is 1160 g/mol. The van der Waals surface area contributed by atoms with Crippen molar-refractivity contribution in [2.24, 2.45) is 27.4 Å². The molecule has 4 amide bonds. The summed E-state index contributed by atoms with van der Waals surface area (Å²) in [5.74, 6) is 0.409. The molecule has 83 heavy (non-hydrogen) atoms. The second-order valence-electron chi connectivity index (χ2n) is 24.9. The van der Waals surface area contributed by atoms with E-state index in [4.69, 9.17) is 35.2 Å². The number of fused-ring (bicyclic) bond motifs is 2. The summed E-state index contributed by atoms with van der Waals surface area (Å²) in [6, 6.07) is 18.2. The van der Waals surface area contributed by atoms with E-state index in [9.17, 15) is 27.6 Å². The number of hydrogen-bond donors (Lipinski definition) is 5. The summed E-state index contributed by atoms with van der Waals surface area (Å²) in [6.45, 7) is 25.4. The molecule has 0 bridgehead atoms. The van der Waals surface area contributed by atoms with Gasteiger partial charge in [-0.25, -0.2) is 28.0 Å². The number of amidine groups is 2. The molecule has 4 aliphatic rings. The molecular weight excluding hydrogens is 1080 g/mol. The molecule has 20 nitrogen and oxygen atoms in total. The van der Waals surface area contributed by atoms with Gasteiger partial charge in [0.2, 0.25) is 21.8 Å². The van der Waals surface area contributed by atoms with E-state index in [0.717, 1.165) is 35.0 Å². The van der Waals surface area contributed by atoms with Crippen molar-refractivity contribution in [2.75, 3.05) is 65.4 Å². The maximum atomic E-state index is 14.4. The number of ether oxygens (including phenoxy) is 2. The minimum absolute atomic E-state index is 0.126. The summed E-state index contributed by atoms with van der Waals surface area (Å²) < 4.78 is 52.8. The lowest BCUT2D eigenvalue weighted by Crippen LogP contribution is -2.53. The van der Waals surface area contributed by atoms with Gasteiger partial charge in [0, 0.05) is 94.0 Å². The van der Waals surface area contributed by atoms with Gasteiger partial charge < -0.3 is 56.0 Å². The van der Waals surface area contributed by atoms with Crippen molar-refractivity contribution in [1.82, 2.24) is 30.1 Å². The van der Waals surface area contributed by atoms with Crippen molar-refractivity contribution in [3.8, 4) is 11.1 Å². The van der Waals surface area contributed by atoms with E-state index in [2.05, 4.69) is 20.9 Å². The minimum Gasteiger partial charge on any atom is -0.444 e. The number of aliphatic imine (C=N–C) groups is 2. The molecular formula is C61H87BN10O10S. The van der Waals surface area contributed by atoms with Gasteiger partial charge in [-0.1, -0.05) is 43.3 Å². The molecule has 3 aromatic rings. The molecule has 7 rings (SSSR count). The lowest BCUT2D eigenvalue weighted by Gasteiger charge is -2.38. The molecule has 0 atom stereocenters. The molecule has 0 spiro atoms. The number of carbonyl (C=O) groups excluding carboxylic acids is 4. The van der Waals surface area contributed by atoms with Crippen LogP contribution in [0, 0.1) is 5.92 Å². The van der Waals surface area contributed by atoms with Gasteiger partial charge >= 0.3 is 19.3 Å². The fraction of sp³-hybridized carbons (Fsp3) is 0.541. The van der Waals surface area contributed by atoms with Crippen molar-refractivity contribution in [2.45, 2.75) is 148 Å². The van der Waals surface area contributed by atoms with Crippen molar-refractivity contribution < 1.29 is 46.4 Å². The molecule has 4 aliphatic heterocycles. The number of carbonyl (C=O) groups is 4. The Hall–Kier alpha value is -6.59. The molecule has 2 saturated heterocycles. The zero-order chi connectivity index (χ0) is 60.5. The number of rotatable bonds is 23. The standard InChI is InChI=1S/C61H87BN10O10S/c1-12-27-70(29-16-25-66-56(75)79-58(2,3)4)54(73)46-31-44-21-20-43(34-50(44)68-52(63)35-46)42-18-15-19-49(33-42)83(77,78)72-39-41(40-72)38-65-24-13-14-28-71(30-17-26-67-57(76)80-59(5,6)7)55(74)47-32-45-22-23-48(37-51(45)69-53(64)36-47)62-81-60(8,9)61(10,11)82-62/h15,18-23,31-34,37,41,65H,12-14,16-17,24-30,35-36,38-40H2,1-11H3,(H2,63,68)(H2,64,69)(H,66,75)(H,67,76). The van der Waals surface area contributed by atoms with Gasteiger partial charge in [-0.3, -0.25) is 9.59 Å². The summed E-state index contributed by atoms with van der Waals surface area (Å²) in [5, 5.41) is 9.05. The Morgan fingerprint density at radius 2 is 1.19 bits per heavy atom. The third-order valence-corrected chi connectivity index (χ3v) is 16.7. The quantitative estimate of drug-likeness (QED) is 0.0449. The summed E-state index contributed by atoms with van der Waals surface area (Å²) in [7, 11) is -4.37. The van der Waals surface area contributed by atoms with E-state index >= 15 is 0 Å². The third-order valence-electron chi connectivity index (χ3n) is 14.9. The van der Waals surface area contributed by atoms with Crippen molar-refractivity contribution in [1.29, 1.82) is 0 Å². The van der Waals surface area contributed by atoms with Crippen molar-refractivity contribution >= 4 is 81.8 Å². The Bertz CT molecular complexity index is 3090. The van der Waals surface area contributed by atoms with Crippen LogP contribution in [-0.2, 0) is 38.4 Å². The Morgan fingerprint density at radius 3 is 1.73 bits per heavy atom. The van der Waals surface area contributed by atoms with Crippen LogP contribution in [0.1, 0.15) is 132 Å². The zero-order valence-electron chi connectivity index (χ0n) is 50.5. The number of alkyl carbamates (subject to hydrolysis) is 2. The highest BCUT2D eigenvalue weighted by atomic mass is 32.2. The fourth-order valence-electron chi connectivity index (χ4n) is 9.93. The van der Waals surface area contributed by atoms with Crippen LogP contribution in [0.4, 0.5) is 21.0 Å². The van der Waals surface area contributed by atoms with Crippen LogP contribution < -0.4 is 32.9 Å². The molecule has 0 saturated carbocycles. The average Bonchev–Trinajstić information content (AvgIpc) is 2.80. The molecule has 7 N–H and O–H groups in total. The predicted octanol–water partition coefficient (Wildman–Crippen LogP) is 7.79. The van der Waals surface area contributed by atoms with Gasteiger partial charge in [-0.15, -0.1) is 0 Å². The summed E-state index contributed by atoms with van der Waals surface area (Å²) in [4.78, 5) is 66.0. The number of hydrogen-bond acceptors (Lipinski definition) is 15. The summed E-state index contributed by atoms with van der Waals surface area (Å²) in [6.07, 6.45) is 6.24. The first-order valence-electron chi connectivity index (χ1n) is 29.1. The predicted molar refractivity (Wildman–Crippen MR) is 327 cm³/mol. The SMILES string of the molecule is CCCN(CCCNC(=O)OC(C)(C)C)C(=O)C1=Cc2ccc(-c3cccc(S(=O)(=O)N4CC(CNCCCCN(CCCNC(=O)OC(C)(C)C)C(=O)C5=Cc6ccc(B7OC(C)(C)C(C)(C)O7)cc6N=C(N)C5)C4)c3)cc2N=C(N)C1. The molecule has 4 heterocycles. The molecule has 0 aromatic heterocycles. The van der Waals surface area contributed by atoms with Gasteiger partial charge in [-0.2, -0.15) is 4.31 Å². The second-order valence-corrected chi connectivity index (χ2v) is 26.8. The summed E-state index contributed by atoms with van der Waals surface area (Å²) >= 11 is 0. The topological polar surface area (TPSA) is 262 Å². The van der Waals surface area contributed by atoms with Crippen molar-refractivity contribution in [3.05, 3.63) is 82.9 Å². The number of unbranched alkanes of at least 4 members (excludes halogenated alkanes) is 1. The molecule has 0 aliphatic carbocycles. The lowest BCUT2D eigenvalue weighted by atomic mass is 9.78. The van der Waals surface area contributed by atoms with E-state index in [1.807, 2.05) is 89.2 Å². The highest BCUT2D eigenvalue weighted by Gasteiger charge is 2.52. The second kappa shape index (κ2) is 27.0. The van der Waals surface area contributed by atoms with Crippen LogP contribution in [-0.4, -0.2) is 153 Å². The lowest BCUT2D eigenvalue weighted by molar-refractivity contribution is -0.128. The highest BCUT2D eigenvalue weighted by Crippen LogP contribution is 2.38. The van der Waals surface area contributed by atoms with E-state index in [1.165, 1.54) is 4.31 Å². The maximum absolute atomic E-state index is 14.4. The van der Waals surface area contributed by atoms with E-state index < -0.39 is 51.7 Å². The van der Waals surface area contributed by atoms with Crippen LogP contribution in [0.5, 0.6) is 0 Å². The first kappa shape index (κ1) is 64.0. The number of nitrogens with zero attached hydrogens (tertiary/aromatic N) is 5. The first-order valence-corrected chi connectivity index (χ1v) is 30.5. The van der Waals surface area contributed by atoms with Crippen LogP contribution in [0.15, 0.2) is 86.7 Å². The van der Waals surface area contributed by atoms with Crippen LogP contribution in [0.2, 0.25) is 0 Å². The zero-order valence-corrected chi connectivity index (χ0v) is 51.3. The maximum Gasteiger partial charge on any atom is 0.494 e. The first-order chi connectivity index (χ1) is 39.0. The normalized spacial score (nSPS) is 17.0. The van der Waals surface area contributed by atoms with Gasteiger partial charge in [-0.05, 0) is 167 Å². The highest BCUT2D eigenvalue weighted by molar-refractivity contribution is 7.89. The van der Waals surface area contributed by atoms with Crippen LogP contribution in [0.25, 0.3) is 23.3 Å². The molecule has 22 heteroatoms. The van der Waals surface area contributed by atoms with Gasteiger partial charge in [0.25, 0.3) is 0 Å². The Kier molecular flexibility index (Phi) is 20.8. The molecule has 450 valence electrons. The van der Waals surface area contributed by atoms with Gasteiger partial charge in [0.15, 0.2) is 0 Å². The Labute approximate surface area is 491 Å². The largest absolute Gasteiger partial charge is 0.494 e. The number of amides is 4. The van der Waals surface area contributed by atoms with Crippen LogP contribution in [0.3, 0.4) is 0 Å². The summed E-state index contributed by atoms with van der Waals surface area (Å²) in [5.41, 5.74) is 16.6. The molecule has 0 unspecified atom stereocenters. The number of benzene rings is 3. The Morgan fingerprint density at radius 1 is 0.687 bits per heavy atom. The van der Waals surface area contributed by atoms with E-state index in [1.54, 1.807) is 69.5 Å². The molecule has 2 fully saturated rings. The number of nitrogens with two attached hydrogens (primary N) is 2. The van der Waals surface area contributed by atoms with E-state index in [-0.39, 0.29) is 41.3 Å². The van der Waals surface area contributed by atoms with Gasteiger partial charge in [0.05, 0.1) is 27.5 Å². The monoisotopic (exact) mass is 1160 g/mol. The molecule has 3 aromatic carbocycles. The third kappa shape index (κ3) is 17.5.